The second-order valence-electron chi connectivity index (χ2n) is 7.13. The van der Waals surface area contributed by atoms with Gasteiger partial charge in [0.15, 0.2) is 0 Å². The molecular weight excluding hydrogens is 294 g/mol. The van der Waals surface area contributed by atoms with Gasteiger partial charge < -0.3 is 14.7 Å². The van der Waals surface area contributed by atoms with Crippen LogP contribution in [-0.4, -0.2) is 96.4 Å². The van der Waals surface area contributed by atoms with Crippen LogP contribution in [0.1, 0.15) is 32.6 Å². The van der Waals surface area contributed by atoms with Gasteiger partial charge in [-0.05, 0) is 39.2 Å². The van der Waals surface area contributed by atoms with Crippen LogP contribution in [0.2, 0.25) is 0 Å². The first-order valence-corrected chi connectivity index (χ1v) is 9.18. The number of ether oxygens (including phenoxy) is 1. The van der Waals surface area contributed by atoms with Gasteiger partial charge in [0, 0.05) is 51.5 Å². The van der Waals surface area contributed by atoms with Crippen molar-refractivity contribution in [2.24, 2.45) is 0 Å². The zero-order chi connectivity index (χ0) is 16.2. The smallest absolute Gasteiger partial charge is 0.240 e. The van der Waals surface area contributed by atoms with E-state index in [1.54, 1.807) is 0 Å². The largest absolute Gasteiger partial charge is 0.395 e. The van der Waals surface area contributed by atoms with E-state index in [2.05, 4.69) is 21.6 Å². The molecule has 2 atom stereocenters. The molecule has 3 aliphatic heterocycles. The van der Waals surface area contributed by atoms with Gasteiger partial charge in [-0.15, -0.1) is 0 Å². The number of carbonyl (C=O) groups is 1. The average molecular weight is 325 g/mol. The molecule has 0 aliphatic carbocycles. The average Bonchev–Trinajstić information content (AvgIpc) is 3.06. The number of β-amino-alcohol motifs (C(OH)–C–C–N with tert-alkyl or cyclic N) is 1. The Balaban J connectivity index is 1.58. The number of amides is 1. The summed E-state index contributed by atoms with van der Waals surface area (Å²) in [5.74, 6) is 0.324. The van der Waals surface area contributed by atoms with E-state index in [9.17, 15) is 4.79 Å². The van der Waals surface area contributed by atoms with Gasteiger partial charge in [0.2, 0.25) is 5.91 Å². The van der Waals surface area contributed by atoms with Gasteiger partial charge in [-0.2, -0.15) is 0 Å². The van der Waals surface area contributed by atoms with Gasteiger partial charge in [0.25, 0.3) is 0 Å². The molecule has 6 nitrogen and oxygen atoms in total. The minimum atomic E-state index is 0.0784. The van der Waals surface area contributed by atoms with E-state index >= 15 is 0 Å². The van der Waals surface area contributed by atoms with Gasteiger partial charge in [0.05, 0.1) is 12.6 Å². The Morgan fingerprint density at radius 1 is 1.17 bits per heavy atom. The van der Waals surface area contributed by atoms with E-state index in [-0.39, 0.29) is 12.6 Å². The lowest BCUT2D eigenvalue weighted by Gasteiger charge is -2.42. The van der Waals surface area contributed by atoms with E-state index in [4.69, 9.17) is 9.84 Å². The monoisotopic (exact) mass is 325 g/mol. The number of hydrogen-bond donors (Lipinski definition) is 1. The van der Waals surface area contributed by atoms with Crippen molar-refractivity contribution in [3.05, 3.63) is 0 Å². The lowest BCUT2D eigenvalue weighted by molar-refractivity contribution is -0.140. The maximum atomic E-state index is 13.0. The van der Waals surface area contributed by atoms with E-state index in [0.29, 0.717) is 24.5 Å². The number of piperazine rings is 1. The third-order valence-corrected chi connectivity index (χ3v) is 5.70. The number of nitrogens with zero attached hydrogens (tertiary/aromatic N) is 3. The first-order chi connectivity index (χ1) is 11.2. The van der Waals surface area contributed by atoms with Crippen molar-refractivity contribution in [3.63, 3.8) is 0 Å². The van der Waals surface area contributed by atoms with Crippen molar-refractivity contribution < 1.29 is 14.6 Å². The second-order valence-corrected chi connectivity index (χ2v) is 7.13. The highest BCUT2D eigenvalue weighted by atomic mass is 16.5. The zero-order valence-corrected chi connectivity index (χ0v) is 14.3. The van der Waals surface area contributed by atoms with Crippen LogP contribution in [0.4, 0.5) is 0 Å². The highest BCUT2D eigenvalue weighted by Crippen LogP contribution is 2.27. The van der Waals surface area contributed by atoms with Crippen LogP contribution < -0.4 is 0 Å². The van der Waals surface area contributed by atoms with Crippen LogP contribution in [0, 0.1) is 0 Å². The molecule has 3 saturated heterocycles. The van der Waals surface area contributed by atoms with E-state index in [1.807, 2.05) is 0 Å². The van der Waals surface area contributed by atoms with Crippen molar-refractivity contribution in [2.75, 3.05) is 52.5 Å². The Morgan fingerprint density at radius 3 is 2.65 bits per heavy atom. The lowest BCUT2D eigenvalue weighted by atomic mass is 10.0. The third kappa shape index (κ3) is 3.87. The molecule has 23 heavy (non-hydrogen) atoms. The topological polar surface area (TPSA) is 56.2 Å². The molecule has 0 aromatic heterocycles. The van der Waals surface area contributed by atoms with Crippen molar-refractivity contribution >= 4 is 5.91 Å². The standard InChI is InChI=1S/C17H31N3O3/c1-14-13-19(8-7-18(14)9-10-21)17(22)16-3-2-6-20(16)15-4-11-23-12-5-15/h14-16,21H,2-13H2,1H3. The number of likely N-dealkylation sites (tertiary alicyclic amines) is 1. The number of carbonyl (C=O) groups excluding carboxylic acids is 1. The van der Waals surface area contributed by atoms with Crippen LogP contribution in [0.25, 0.3) is 0 Å². The normalized spacial score (nSPS) is 31.7. The van der Waals surface area contributed by atoms with Crippen LogP contribution in [-0.2, 0) is 9.53 Å². The first-order valence-electron chi connectivity index (χ1n) is 9.18. The first kappa shape index (κ1) is 17.1. The molecular formula is C17H31N3O3. The van der Waals surface area contributed by atoms with Crippen molar-refractivity contribution in [1.29, 1.82) is 0 Å². The van der Waals surface area contributed by atoms with Gasteiger partial charge in [-0.3, -0.25) is 14.6 Å². The number of aliphatic hydroxyl groups excluding tert-OH is 1. The summed E-state index contributed by atoms with van der Waals surface area (Å²) in [5, 5.41) is 9.12. The summed E-state index contributed by atoms with van der Waals surface area (Å²) in [6.07, 6.45) is 4.25. The van der Waals surface area contributed by atoms with Crippen molar-refractivity contribution in [1.82, 2.24) is 14.7 Å². The quantitative estimate of drug-likeness (QED) is 0.798. The zero-order valence-electron chi connectivity index (χ0n) is 14.3. The third-order valence-electron chi connectivity index (χ3n) is 5.70. The van der Waals surface area contributed by atoms with Crippen LogP contribution in [0.15, 0.2) is 0 Å². The van der Waals surface area contributed by atoms with E-state index in [0.717, 1.165) is 65.1 Å². The van der Waals surface area contributed by atoms with E-state index < -0.39 is 0 Å². The number of rotatable bonds is 4. The summed E-state index contributed by atoms with van der Waals surface area (Å²) in [5.41, 5.74) is 0. The molecule has 3 rings (SSSR count). The summed E-state index contributed by atoms with van der Waals surface area (Å²) >= 11 is 0. The SMILES string of the molecule is CC1CN(C(=O)C2CCCN2C2CCOCC2)CCN1CCO. The van der Waals surface area contributed by atoms with Crippen molar-refractivity contribution in [3.8, 4) is 0 Å². The molecule has 0 spiro atoms. The van der Waals surface area contributed by atoms with Crippen LogP contribution in [0.3, 0.4) is 0 Å². The van der Waals surface area contributed by atoms with Crippen LogP contribution in [0.5, 0.6) is 0 Å². The predicted molar refractivity (Wildman–Crippen MR) is 88.3 cm³/mol. The van der Waals surface area contributed by atoms with E-state index in [1.165, 1.54) is 0 Å². The molecule has 3 aliphatic rings. The Bertz CT molecular complexity index is 401. The summed E-state index contributed by atoms with van der Waals surface area (Å²) < 4.78 is 5.47. The highest BCUT2D eigenvalue weighted by molar-refractivity contribution is 5.82. The molecule has 132 valence electrons. The lowest BCUT2D eigenvalue weighted by Crippen LogP contribution is -2.58. The maximum absolute atomic E-state index is 13.0. The Labute approximate surface area is 139 Å². The minimum Gasteiger partial charge on any atom is -0.395 e. The fraction of sp³-hybridized carbons (Fsp3) is 0.941. The molecule has 0 bridgehead atoms. The fourth-order valence-corrected chi connectivity index (χ4v) is 4.37. The molecule has 3 heterocycles. The summed E-state index contributed by atoms with van der Waals surface area (Å²) in [6, 6.07) is 0.931. The number of aliphatic hydroxyl groups is 1. The Morgan fingerprint density at radius 2 is 1.96 bits per heavy atom. The van der Waals surface area contributed by atoms with Gasteiger partial charge in [-0.25, -0.2) is 0 Å². The van der Waals surface area contributed by atoms with Crippen LogP contribution >= 0.6 is 0 Å². The predicted octanol–water partition coefficient (Wildman–Crippen LogP) is 0.155. The molecule has 2 unspecified atom stereocenters. The molecule has 1 N–H and O–H groups in total. The highest BCUT2D eigenvalue weighted by Gasteiger charge is 2.39. The molecule has 0 aromatic rings. The minimum absolute atomic E-state index is 0.0784. The van der Waals surface area contributed by atoms with Gasteiger partial charge >= 0.3 is 0 Å². The van der Waals surface area contributed by atoms with Crippen molar-refractivity contribution in [2.45, 2.75) is 50.7 Å². The fourth-order valence-electron chi connectivity index (χ4n) is 4.37. The molecule has 0 aromatic carbocycles. The Hall–Kier alpha value is -0.690. The summed E-state index contributed by atoms with van der Waals surface area (Å²) in [6.45, 7) is 8.23. The molecule has 0 saturated carbocycles. The molecule has 0 radical (unpaired) electrons. The van der Waals surface area contributed by atoms with Gasteiger partial charge in [0.1, 0.15) is 0 Å². The second kappa shape index (κ2) is 7.92. The molecule has 1 amide bonds. The maximum Gasteiger partial charge on any atom is 0.240 e. The summed E-state index contributed by atoms with van der Waals surface area (Å²) in [4.78, 5) is 19.8. The Kier molecular flexibility index (Phi) is 5.91. The van der Waals surface area contributed by atoms with Gasteiger partial charge in [-0.1, -0.05) is 0 Å². The number of hydrogen-bond acceptors (Lipinski definition) is 5. The molecule has 3 fully saturated rings. The summed E-state index contributed by atoms with van der Waals surface area (Å²) in [7, 11) is 0. The molecule has 6 heteroatoms.